The molecule has 0 fully saturated rings. The monoisotopic (exact) mass is 426 g/mol. The fraction of sp³-hybridized carbons (Fsp3) is 0.158. The van der Waals surface area contributed by atoms with Crippen molar-refractivity contribution in [1.82, 2.24) is 20.1 Å². The lowest BCUT2D eigenvalue weighted by Crippen LogP contribution is -2.36. The highest BCUT2D eigenvalue weighted by Crippen LogP contribution is 2.32. The first-order chi connectivity index (χ1) is 12.7. The van der Waals surface area contributed by atoms with Gasteiger partial charge in [0.1, 0.15) is 0 Å². The topological polar surface area (TPSA) is 64.8 Å². The zero-order valence-electron chi connectivity index (χ0n) is 13.8. The Bertz CT molecular complexity index is 1110. The molecular weight excluding hydrogens is 412 g/mol. The van der Waals surface area contributed by atoms with Gasteiger partial charge in [0.2, 0.25) is 0 Å². The Labute approximate surface area is 162 Å². The lowest BCUT2D eigenvalue weighted by molar-refractivity contribution is 0.0729. The van der Waals surface area contributed by atoms with Gasteiger partial charge in [0.05, 0.1) is 16.1 Å². The Hall–Kier alpha value is -2.38. The van der Waals surface area contributed by atoms with Crippen LogP contribution in [0.4, 0.5) is 0 Å². The summed E-state index contributed by atoms with van der Waals surface area (Å²) in [5.41, 5.74) is 4.88. The molecule has 130 valence electrons. The highest BCUT2D eigenvalue weighted by atomic mass is 79.9. The normalized spacial score (nSPS) is 14.0. The van der Waals surface area contributed by atoms with E-state index in [9.17, 15) is 4.79 Å². The number of thiophene rings is 1. The molecule has 1 aliphatic rings. The summed E-state index contributed by atoms with van der Waals surface area (Å²) >= 11 is 5.23. The predicted molar refractivity (Wildman–Crippen MR) is 106 cm³/mol. The number of aromatic nitrogens is 3. The van der Waals surface area contributed by atoms with E-state index in [1.807, 2.05) is 40.6 Å². The third-order valence-electron chi connectivity index (χ3n) is 4.83. The summed E-state index contributed by atoms with van der Waals surface area (Å²) in [5.74, 6) is -0.0287. The molecule has 0 radical (unpaired) electrons. The lowest BCUT2D eigenvalue weighted by atomic mass is 10.0. The molecule has 5 rings (SSSR count). The SMILES string of the molecule is O=C(c1cc(-c2cccs2)[nH]n1)N1CCc2[nH]c3c(Br)cccc3c2C1. The Morgan fingerprint density at radius 2 is 2.19 bits per heavy atom. The van der Waals surface area contributed by atoms with Crippen LogP contribution < -0.4 is 0 Å². The second kappa shape index (κ2) is 6.10. The van der Waals surface area contributed by atoms with Gasteiger partial charge in [-0.05, 0) is 39.5 Å². The van der Waals surface area contributed by atoms with Crippen molar-refractivity contribution >= 4 is 44.1 Å². The molecule has 5 nitrogen and oxygen atoms in total. The van der Waals surface area contributed by atoms with Crippen molar-refractivity contribution in [2.45, 2.75) is 13.0 Å². The molecule has 26 heavy (non-hydrogen) atoms. The number of hydrogen-bond acceptors (Lipinski definition) is 3. The minimum atomic E-state index is -0.0287. The number of benzene rings is 1. The molecule has 0 unspecified atom stereocenters. The standard InChI is InChI=1S/C19H15BrN4OS/c20-13-4-1-3-11-12-10-24(7-6-14(12)21-18(11)13)19(25)16-9-15(22-23-16)17-5-2-8-26-17/h1-5,8-9,21H,6-7,10H2,(H,22,23). The molecule has 4 aromatic rings. The maximum absolute atomic E-state index is 12.9. The molecule has 1 aliphatic heterocycles. The van der Waals surface area contributed by atoms with E-state index in [2.05, 4.69) is 37.2 Å². The molecule has 0 aliphatic carbocycles. The van der Waals surface area contributed by atoms with Gasteiger partial charge in [-0.15, -0.1) is 11.3 Å². The number of H-pyrrole nitrogens is 2. The predicted octanol–water partition coefficient (Wildman–Crippen LogP) is 4.58. The fourth-order valence-electron chi connectivity index (χ4n) is 3.53. The van der Waals surface area contributed by atoms with Crippen LogP contribution in [-0.4, -0.2) is 32.5 Å². The van der Waals surface area contributed by atoms with E-state index in [1.54, 1.807) is 11.3 Å². The molecule has 0 saturated carbocycles. The number of aromatic amines is 2. The third kappa shape index (κ3) is 2.50. The molecular formula is C19H15BrN4OS. The molecule has 1 amide bonds. The van der Waals surface area contributed by atoms with Crippen LogP contribution >= 0.6 is 27.3 Å². The summed E-state index contributed by atoms with van der Waals surface area (Å²) in [4.78, 5) is 19.4. The average Bonchev–Trinajstić information content (AvgIpc) is 3.39. The molecule has 1 aromatic carbocycles. The van der Waals surface area contributed by atoms with Crippen LogP contribution in [0.5, 0.6) is 0 Å². The largest absolute Gasteiger partial charge is 0.357 e. The van der Waals surface area contributed by atoms with Crippen LogP contribution in [-0.2, 0) is 13.0 Å². The quantitative estimate of drug-likeness (QED) is 0.492. The van der Waals surface area contributed by atoms with Crippen molar-refractivity contribution in [3.05, 3.63) is 63.2 Å². The second-order valence-electron chi connectivity index (χ2n) is 6.37. The zero-order valence-corrected chi connectivity index (χ0v) is 16.2. The van der Waals surface area contributed by atoms with E-state index < -0.39 is 0 Å². The number of nitrogens with zero attached hydrogens (tertiary/aromatic N) is 2. The molecule has 0 spiro atoms. The van der Waals surface area contributed by atoms with Gasteiger partial charge in [0.25, 0.3) is 5.91 Å². The Morgan fingerprint density at radius 1 is 1.27 bits per heavy atom. The van der Waals surface area contributed by atoms with E-state index in [4.69, 9.17) is 0 Å². The van der Waals surface area contributed by atoms with E-state index in [1.165, 1.54) is 16.6 Å². The highest BCUT2D eigenvalue weighted by Gasteiger charge is 2.26. The summed E-state index contributed by atoms with van der Waals surface area (Å²) < 4.78 is 1.05. The van der Waals surface area contributed by atoms with Crippen molar-refractivity contribution in [3.8, 4) is 10.6 Å². The van der Waals surface area contributed by atoms with Gasteiger partial charge in [-0.25, -0.2) is 0 Å². The third-order valence-corrected chi connectivity index (χ3v) is 6.39. The van der Waals surface area contributed by atoms with Crippen LogP contribution in [0.2, 0.25) is 0 Å². The smallest absolute Gasteiger partial charge is 0.274 e. The minimum Gasteiger partial charge on any atom is -0.357 e. The molecule has 2 N–H and O–H groups in total. The maximum Gasteiger partial charge on any atom is 0.274 e. The number of halogens is 1. The van der Waals surface area contributed by atoms with Gasteiger partial charge in [-0.2, -0.15) is 5.10 Å². The number of carbonyl (C=O) groups is 1. The van der Waals surface area contributed by atoms with Crippen LogP contribution in [0.25, 0.3) is 21.5 Å². The first kappa shape index (κ1) is 15.8. The summed E-state index contributed by atoms with van der Waals surface area (Å²) in [6.07, 6.45) is 0.824. The number of carbonyl (C=O) groups excluding carboxylic acids is 1. The number of hydrogen-bond donors (Lipinski definition) is 2. The molecule has 4 heterocycles. The number of nitrogens with one attached hydrogen (secondary N) is 2. The van der Waals surface area contributed by atoms with Crippen molar-refractivity contribution < 1.29 is 4.79 Å². The van der Waals surface area contributed by atoms with E-state index in [-0.39, 0.29) is 5.91 Å². The minimum absolute atomic E-state index is 0.0287. The fourth-order valence-corrected chi connectivity index (χ4v) is 4.68. The maximum atomic E-state index is 12.9. The first-order valence-electron chi connectivity index (χ1n) is 8.37. The van der Waals surface area contributed by atoms with Gasteiger partial charge in [0.15, 0.2) is 5.69 Å². The number of rotatable bonds is 2. The molecule has 3 aromatic heterocycles. The number of para-hydroxylation sites is 1. The summed E-state index contributed by atoms with van der Waals surface area (Å²) in [6.45, 7) is 1.29. The van der Waals surface area contributed by atoms with Gasteiger partial charge >= 0.3 is 0 Å². The van der Waals surface area contributed by atoms with Crippen LogP contribution in [0.3, 0.4) is 0 Å². The van der Waals surface area contributed by atoms with Crippen LogP contribution in [0.15, 0.2) is 46.3 Å². The Balaban J connectivity index is 1.45. The van der Waals surface area contributed by atoms with E-state index in [0.717, 1.165) is 27.0 Å². The van der Waals surface area contributed by atoms with Crippen molar-refractivity contribution in [1.29, 1.82) is 0 Å². The Kier molecular flexibility index (Phi) is 3.72. The molecule has 0 atom stereocenters. The van der Waals surface area contributed by atoms with Crippen molar-refractivity contribution in [2.75, 3.05) is 6.54 Å². The Morgan fingerprint density at radius 3 is 3.04 bits per heavy atom. The summed E-state index contributed by atoms with van der Waals surface area (Å²) in [6, 6.07) is 12.0. The lowest BCUT2D eigenvalue weighted by Gasteiger charge is -2.26. The number of fused-ring (bicyclic) bond motifs is 3. The molecule has 7 heteroatoms. The second-order valence-corrected chi connectivity index (χ2v) is 8.17. The van der Waals surface area contributed by atoms with E-state index in [0.29, 0.717) is 18.8 Å². The first-order valence-corrected chi connectivity index (χ1v) is 10.0. The van der Waals surface area contributed by atoms with Gasteiger partial charge < -0.3 is 9.88 Å². The van der Waals surface area contributed by atoms with Crippen molar-refractivity contribution in [2.24, 2.45) is 0 Å². The molecule has 0 saturated heterocycles. The molecule has 0 bridgehead atoms. The number of amides is 1. The highest BCUT2D eigenvalue weighted by molar-refractivity contribution is 9.10. The van der Waals surface area contributed by atoms with Crippen LogP contribution in [0.1, 0.15) is 21.7 Å². The van der Waals surface area contributed by atoms with Gasteiger partial charge in [-0.1, -0.05) is 18.2 Å². The average molecular weight is 427 g/mol. The van der Waals surface area contributed by atoms with Crippen molar-refractivity contribution in [3.63, 3.8) is 0 Å². The van der Waals surface area contributed by atoms with Gasteiger partial charge in [0, 0.05) is 40.6 Å². The summed E-state index contributed by atoms with van der Waals surface area (Å²) in [5, 5.41) is 10.4. The zero-order chi connectivity index (χ0) is 17.7. The van der Waals surface area contributed by atoms with Gasteiger partial charge in [-0.3, -0.25) is 9.89 Å². The summed E-state index contributed by atoms with van der Waals surface area (Å²) in [7, 11) is 0. The van der Waals surface area contributed by atoms with E-state index >= 15 is 0 Å². The van der Waals surface area contributed by atoms with Crippen LogP contribution in [0, 0.1) is 0 Å².